The summed E-state index contributed by atoms with van der Waals surface area (Å²) in [6, 6.07) is 3.81. The molecule has 1 heterocycles. The average Bonchev–Trinajstić information content (AvgIpc) is 2.82. The highest BCUT2D eigenvalue weighted by molar-refractivity contribution is 6.02. The Bertz CT molecular complexity index is 608. The van der Waals surface area contributed by atoms with E-state index in [1.165, 1.54) is 24.1 Å². The third kappa shape index (κ3) is 2.64. The second-order valence-corrected chi connectivity index (χ2v) is 5.10. The maximum absolute atomic E-state index is 14.1. The van der Waals surface area contributed by atoms with Crippen molar-refractivity contribution in [1.29, 1.82) is 5.26 Å². The fourth-order valence-electron chi connectivity index (χ4n) is 2.80. The number of hydrogen-bond donors (Lipinski definition) is 0. The van der Waals surface area contributed by atoms with Crippen LogP contribution in [0.2, 0.25) is 0 Å². The molecular formula is C16H20FN3O2. The molecule has 0 spiro atoms. The SMILES string of the molecule is CCN(CC)CCN1C(=O)c2c(OC)ccc(F)c2C1C#N. The van der Waals surface area contributed by atoms with Gasteiger partial charge in [-0.25, -0.2) is 4.39 Å². The number of amides is 1. The van der Waals surface area contributed by atoms with Gasteiger partial charge in [0.15, 0.2) is 0 Å². The molecule has 0 aliphatic carbocycles. The van der Waals surface area contributed by atoms with Crippen LogP contribution in [0.4, 0.5) is 4.39 Å². The molecule has 1 aromatic carbocycles. The highest BCUT2D eigenvalue weighted by atomic mass is 19.1. The number of nitrogens with zero attached hydrogens (tertiary/aromatic N) is 3. The summed E-state index contributed by atoms with van der Waals surface area (Å²) in [6.07, 6.45) is 0. The molecular weight excluding hydrogens is 285 g/mol. The molecule has 1 unspecified atom stereocenters. The van der Waals surface area contributed by atoms with Gasteiger partial charge in [-0.3, -0.25) is 4.79 Å². The maximum Gasteiger partial charge on any atom is 0.259 e. The molecule has 1 aliphatic heterocycles. The van der Waals surface area contributed by atoms with E-state index in [0.29, 0.717) is 18.8 Å². The van der Waals surface area contributed by atoms with Gasteiger partial charge in [-0.1, -0.05) is 13.8 Å². The number of halogens is 1. The van der Waals surface area contributed by atoms with E-state index < -0.39 is 11.9 Å². The topological polar surface area (TPSA) is 56.6 Å². The zero-order chi connectivity index (χ0) is 16.3. The standard InChI is InChI=1S/C16H20FN3O2/c1-4-19(5-2)8-9-20-12(10-18)14-11(17)6-7-13(22-3)15(14)16(20)21/h6-7,12H,4-5,8-9H2,1-3H3. The smallest absolute Gasteiger partial charge is 0.259 e. The first-order chi connectivity index (χ1) is 10.6. The van der Waals surface area contributed by atoms with Crippen LogP contribution in [-0.2, 0) is 0 Å². The van der Waals surface area contributed by atoms with Crippen LogP contribution in [0.3, 0.4) is 0 Å². The number of methoxy groups -OCH3 is 1. The van der Waals surface area contributed by atoms with Gasteiger partial charge in [-0.15, -0.1) is 0 Å². The number of likely N-dealkylation sites (N-methyl/N-ethyl adjacent to an activating group) is 1. The number of benzene rings is 1. The number of nitriles is 1. The van der Waals surface area contributed by atoms with E-state index in [-0.39, 0.29) is 17.0 Å². The molecule has 0 radical (unpaired) electrons. The Morgan fingerprint density at radius 2 is 2.09 bits per heavy atom. The van der Waals surface area contributed by atoms with E-state index in [9.17, 15) is 14.4 Å². The van der Waals surface area contributed by atoms with Crippen LogP contribution in [0.25, 0.3) is 0 Å². The van der Waals surface area contributed by atoms with Crippen molar-refractivity contribution in [1.82, 2.24) is 9.80 Å². The summed E-state index contributed by atoms with van der Waals surface area (Å²) < 4.78 is 19.3. The molecule has 0 saturated heterocycles. The zero-order valence-corrected chi connectivity index (χ0v) is 13.1. The molecule has 22 heavy (non-hydrogen) atoms. The number of carbonyl (C=O) groups excluding carboxylic acids is 1. The molecule has 1 aliphatic rings. The van der Waals surface area contributed by atoms with E-state index >= 15 is 0 Å². The van der Waals surface area contributed by atoms with Crippen molar-refractivity contribution in [3.05, 3.63) is 29.1 Å². The lowest BCUT2D eigenvalue weighted by atomic mass is 10.0. The molecule has 5 nitrogen and oxygen atoms in total. The van der Waals surface area contributed by atoms with Gasteiger partial charge in [0.1, 0.15) is 17.6 Å². The van der Waals surface area contributed by atoms with Crippen molar-refractivity contribution in [2.24, 2.45) is 0 Å². The van der Waals surface area contributed by atoms with Crippen molar-refractivity contribution >= 4 is 5.91 Å². The van der Waals surface area contributed by atoms with Gasteiger partial charge in [0, 0.05) is 18.7 Å². The highest BCUT2D eigenvalue weighted by Gasteiger charge is 2.41. The molecule has 6 heteroatoms. The van der Waals surface area contributed by atoms with E-state index in [4.69, 9.17) is 4.74 Å². The van der Waals surface area contributed by atoms with E-state index in [2.05, 4.69) is 4.90 Å². The Morgan fingerprint density at radius 1 is 1.41 bits per heavy atom. The van der Waals surface area contributed by atoms with Crippen LogP contribution in [0, 0.1) is 17.1 Å². The predicted molar refractivity (Wildman–Crippen MR) is 80.1 cm³/mol. The first-order valence-electron chi connectivity index (χ1n) is 7.38. The van der Waals surface area contributed by atoms with Gasteiger partial charge < -0.3 is 14.5 Å². The molecule has 2 rings (SSSR count). The number of ether oxygens (including phenoxy) is 1. The largest absolute Gasteiger partial charge is 0.496 e. The van der Waals surface area contributed by atoms with Crippen LogP contribution < -0.4 is 4.74 Å². The summed E-state index contributed by atoms with van der Waals surface area (Å²) in [5.41, 5.74) is 0.306. The van der Waals surface area contributed by atoms with Crippen LogP contribution in [0.15, 0.2) is 12.1 Å². The number of fused-ring (bicyclic) bond motifs is 1. The van der Waals surface area contributed by atoms with Gasteiger partial charge in [-0.2, -0.15) is 5.26 Å². The van der Waals surface area contributed by atoms with Gasteiger partial charge in [-0.05, 0) is 25.2 Å². The highest BCUT2D eigenvalue weighted by Crippen LogP contribution is 2.39. The Labute approximate surface area is 129 Å². The number of carbonyl (C=O) groups is 1. The minimum Gasteiger partial charge on any atom is -0.496 e. The van der Waals surface area contributed by atoms with Crippen LogP contribution >= 0.6 is 0 Å². The molecule has 1 aromatic rings. The lowest BCUT2D eigenvalue weighted by Crippen LogP contribution is -2.37. The number of rotatable bonds is 6. The van der Waals surface area contributed by atoms with Gasteiger partial charge >= 0.3 is 0 Å². The summed E-state index contributed by atoms with van der Waals surface area (Å²) in [5.74, 6) is -0.571. The normalized spacial score (nSPS) is 16.8. The van der Waals surface area contributed by atoms with Crippen molar-refractivity contribution < 1.29 is 13.9 Å². The summed E-state index contributed by atoms with van der Waals surface area (Å²) in [7, 11) is 1.43. The van der Waals surface area contributed by atoms with Crippen LogP contribution in [0.1, 0.15) is 35.8 Å². The molecule has 0 aromatic heterocycles. The van der Waals surface area contributed by atoms with Crippen molar-refractivity contribution in [2.45, 2.75) is 19.9 Å². The van der Waals surface area contributed by atoms with Crippen molar-refractivity contribution in [2.75, 3.05) is 33.3 Å². The first-order valence-corrected chi connectivity index (χ1v) is 7.38. The Kier molecular flexibility index (Phi) is 4.99. The van der Waals surface area contributed by atoms with Crippen molar-refractivity contribution in [3.8, 4) is 11.8 Å². The monoisotopic (exact) mass is 305 g/mol. The minimum atomic E-state index is -0.895. The number of hydrogen-bond acceptors (Lipinski definition) is 4. The summed E-state index contributed by atoms with van der Waals surface area (Å²) in [6.45, 7) is 6.83. The minimum absolute atomic E-state index is 0.131. The van der Waals surface area contributed by atoms with E-state index in [1.807, 2.05) is 19.9 Å². The predicted octanol–water partition coefficient (Wildman–Crippen LogP) is 2.20. The fourth-order valence-corrected chi connectivity index (χ4v) is 2.80. The van der Waals surface area contributed by atoms with E-state index in [0.717, 1.165) is 13.1 Å². The van der Waals surface area contributed by atoms with Gasteiger partial charge in [0.2, 0.25) is 0 Å². The average molecular weight is 305 g/mol. The molecule has 1 amide bonds. The fraction of sp³-hybridized carbons (Fsp3) is 0.500. The molecule has 0 N–H and O–H groups in total. The zero-order valence-electron chi connectivity index (χ0n) is 13.1. The second kappa shape index (κ2) is 6.75. The molecule has 0 saturated carbocycles. The third-order valence-electron chi connectivity index (χ3n) is 4.11. The lowest BCUT2D eigenvalue weighted by molar-refractivity contribution is 0.0735. The molecule has 0 bridgehead atoms. The summed E-state index contributed by atoms with van der Waals surface area (Å²) >= 11 is 0. The van der Waals surface area contributed by atoms with Crippen LogP contribution in [0.5, 0.6) is 5.75 Å². The summed E-state index contributed by atoms with van der Waals surface area (Å²) in [4.78, 5) is 16.2. The van der Waals surface area contributed by atoms with Gasteiger partial charge in [0.25, 0.3) is 5.91 Å². The Morgan fingerprint density at radius 3 is 2.64 bits per heavy atom. The summed E-state index contributed by atoms with van der Waals surface area (Å²) in [5, 5.41) is 9.40. The second-order valence-electron chi connectivity index (χ2n) is 5.10. The first kappa shape index (κ1) is 16.2. The Hall–Kier alpha value is -2.13. The third-order valence-corrected chi connectivity index (χ3v) is 4.11. The molecule has 1 atom stereocenters. The quantitative estimate of drug-likeness (QED) is 0.808. The molecule has 0 fully saturated rings. The Balaban J connectivity index is 2.34. The maximum atomic E-state index is 14.1. The van der Waals surface area contributed by atoms with Gasteiger partial charge in [0.05, 0.1) is 18.7 Å². The van der Waals surface area contributed by atoms with Crippen LogP contribution in [-0.4, -0.2) is 49.0 Å². The van der Waals surface area contributed by atoms with Crippen molar-refractivity contribution in [3.63, 3.8) is 0 Å². The van der Waals surface area contributed by atoms with E-state index in [1.54, 1.807) is 0 Å². The lowest BCUT2D eigenvalue weighted by Gasteiger charge is -2.25. The molecule has 118 valence electrons.